The molecule has 2 heterocycles. The van der Waals surface area contributed by atoms with E-state index in [2.05, 4.69) is 69.6 Å². The van der Waals surface area contributed by atoms with E-state index >= 15 is 0 Å². The summed E-state index contributed by atoms with van der Waals surface area (Å²) in [5.74, 6) is 0.694. The first-order valence-corrected chi connectivity index (χ1v) is 9.80. The zero-order chi connectivity index (χ0) is 19.3. The van der Waals surface area contributed by atoms with Crippen LogP contribution in [0.3, 0.4) is 0 Å². The van der Waals surface area contributed by atoms with Crippen molar-refractivity contribution >= 4 is 16.7 Å². The van der Waals surface area contributed by atoms with Crippen molar-refractivity contribution in [1.82, 2.24) is 9.97 Å². The van der Waals surface area contributed by atoms with Gasteiger partial charge in [0.2, 0.25) is 0 Å². The molecule has 4 rings (SSSR count). The van der Waals surface area contributed by atoms with Crippen LogP contribution in [0.1, 0.15) is 49.7 Å². The second-order valence-corrected chi connectivity index (χ2v) is 9.07. The summed E-state index contributed by atoms with van der Waals surface area (Å²) in [4.78, 5) is 8.61. The Morgan fingerprint density at radius 1 is 1.26 bits per heavy atom. The lowest BCUT2D eigenvalue weighted by atomic mass is 9.71. The molecule has 1 aromatic carbocycles. The van der Waals surface area contributed by atoms with E-state index < -0.39 is 0 Å². The van der Waals surface area contributed by atoms with Crippen LogP contribution in [0.25, 0.3) is 27.9 Å². The van der Waals surface area contributed by atoms with E-state index in [1.165, 1.54) is 23.2 Å². The molecule has 0 saturated heterocycles. The van der Waals surface area contributed by atoms with Gasteiger partial charge in [0.25, 0.3) is 0 Å². The third-order valence-electron chi connectivity index (χ3n) is 5.99. The number of nitrogens with one attached hydrogen (secondary N) is 1. The number of fused-ring (bicyclic) bond motifs is 2. The highest BCUT2D eigenvalue weighted by atomic mass is 14.8. The molecule has 1 aliphatic carbocycles. The maximum Gasteiger partial charge on any atom is 0.0967 e. The largest absolute Gasteiger partial charge is 0.398 e. The third-order valence-corrected chi connectivity index (χ3v) is 5.99. The molecular formula is C24H29N3. The van der Waals surface area contributed by atoms with Gasteiger partial charge in [0.05, 0.1) is 16.7 Å². The van der Waals surface area contributed by atoms with Crippen LogP contribution in [-0.4, -0.2) is 9.97 Å². The smallest absolute Gasteiger partial charge is 0.0967 e. The van der Waals surface area contributed by atoms with E-state index in [-0.39, 0.29) is 0 Å². The van der Waals surface area contributed by atoms with Crippen LogP contribution < -0.4 is 5.73 Å². The van der Waals surface area contributed by atoms with Crippen molar-refractivity contribution in [2.45, 2.75) is 47.0 Å². The Hall–Kier alpha value is -2.55. The van der Waals surface area contributed by atoms with E-state index in [0.717, 1.165) is 40.7 Å². The topological polar surface area (TPSA) is 54.7 Å². The van der Waals surface area contributed by atoms with E-state index in [1.54, 1.807) is 0 Å². The standard InChI is InChI=1S/C24H29N3/c1-14-7-6-8-16(11-14)21-22(15(2)25)27-20-13-17-12-18(24(3,4)5)9-10-19(17)26-23(20)21/h6-8,11,13,18,27H,2,9-10,12,25H2,1,3-5H3. The number of aryl methyl sites for hydroxylation is 2. The molecule has 0 spiro atoms. The summed E-state index contributed by atoms with van der Waals surface area (Å²) < 4.78 is 0. The maximum absolute atomic E-state index is 6.13. The second-order valence-electron chi connectivity index (χ2n) is 9.07. The number of H-pyrrole nitrogens is 1. The average Bonchev–Trinajstić information content (AvgIpc) is 2.97. The molecule has 140 valence electrons. The van der Waals surface area contributed by atoms with Crippen molar-refractivity contribution in [3.63, 3.8) is 0 Å². The lowest BCUT2D eigenvalue weighted by molar-refractivity contribution is 0.215. The van der Waals surface area contributed by atoms with Crippen molar-refractivity contribution in [1.29, 1.82) is 0 Å². The van der Waals surface area contributed by atoms with Gasteiger partial charge in [-0.3, -0.25) is 4.98 Å². The fourth-order valence-corrected chi connectivity index (χ4v) is 4.33. The second kappa shape index (κ2) is 6.26. The van der Waals surface area contributed by atoms with E-state index in [9.17, 15) is 0 Å². The fourth-order valence-electron chi connectivity index (χ4n) is 4.33. The van der Waals surface area contributed by atoms with Crippen molar-refractivity contribution in [2.75, 3.05) is 0 Å². The predicted molar refractivity (Wildman–Crippen MR) is 114 cm³/mol. The van der Waals surface area contributed by atoms with Crippen LogP contribution in [0, 0.1) is 18.3 Å². The Bertz CT molecular complexity index is 1030. The molecule has 1 unspecified atom stereocenters. The summed E-state index contributed by atoms with van der Waals surface area (Å²) in [7, 11) is 0. The number of benzene rings is 1. The SMILES string of the molecule is C=C(N)c1[nH]c2cc3c(nc2c1-c1cccc(C)c1)CCC(C(C)(C)C)C3. The first-order valence-electron chi connectivity index (χ1n) is 9.80. The molecule has 0 amide bonds. The van der Waals surface area contributed by atoms with E-state index in [1.807, 2.05) is 0 Å². The van der Waals surface area contributed by atoms with E-state index in [4.69, 9.17) is 10.7 Å². The zero-order valence-corrected chi connectivity index (χ0v) is 16.8. The molecule has 3 aromatic rings. The average molecular weight is 360 g/mol. The highest BCUT2D eigenvalue weighted by Crippen LogP contribution is 2.40. The highest BCUT2D eigenvalue weighted by Gasteiger charge is 2.30. The summed E-state index contributed by atoms with van der Waals surface area (Å²) in [5.41, 5.74) is 16.0. The lowest BCUT2D eigenvalue weighted by Gasteiger charge is -2.34. The van der Waals surface area contributed by atoms with Crippen LogP contribution in [0.5, 0.6) is 0 Å². The first-order chi connectivity index (χ1) is 12.7. The van der Waals surface area contributed by atoms with Crippen molar-refractivity contribution in [3.05, 3.63) is 59.4 Å². The molecule has 1 aliphatic rings. The quantitative estimate of drug-likeness (QED) is 0.624. The molecule has 1 atom stereocenters. The van der Waals surface area contributed by atoms with Gasteiger partial charge in [0.1, 0.15) is 0 Å². The van der Waals surface area contributed by atoms with Gasteiger partial charge in [-0.25, -0.2) is 0 Å². The molecule has 0 fully saturated rings. The van der Waals surface area contributed by atoms with Gasteiger partial charge in [0.15, 0.2) is 0 Å². The number of nitrogens with zero attached hydrogens (tertiary/aromatic N) is 1. The van der Waals surface area contributed by atoms with Crippen molar-refractivity contribution < 1.29 is 0 Å². The van der Waals surface area contributed by atoms with Crippen LogP contribution in [0.4, 0.5) is 0 Å². The first kappa shape index (κ1) is 17.8. The summed E-state index contributed by atoms with van der Waals surface area (Å²) >= 11 is 0. The Labute approximate surface area is 161 Å². The maximum atomic E-state index is 6.13. The van der Waals surface area contributed by atoms with Crippen LogP contribution in [-0.2, 0) is 12.8 Å². The van der Waals surface area contributed by atoms with Crippen molar-refractivity contribution in [2.24, 2.45) is 17.1 Å². The molecule has 0 aliphatic heterocycles. The number of aromatic amines is 1. The lowest BCUT2D eigenvalue weighted by Crippen LogP contribution is -2.27. The van der Waals surface area contributed by atoms with Gasteiger partial charge < -0.3 is 10.7 Å². The summed E-state index contributed by atoms with van der Waals surface area (Å²) in [6.07, 6.45) is 3.35. The van der Waals surface area contributed by atoms with Crippen LogP contribution in [0.2, 0.25) is 0 Å². The Morgan fingerprint density at radius 2 is 2.04 bits per heavy atom. The van der Waals surface area contributed by atoms with Crippen molar-refractivity contribution in [3.8, 4) is 11.1 Å². The number of rotatable bonds is 2. The Morgan fingerprint density at radius 3 is 2.70 bits per heavy atom. The molecular weight excluding hydrogens is 330 g/mol. The van der Waals surface area contributed by atoms with Gasteiger partial charge in [-0.15, -0.1) is 0 Å². The third kappa shape index (κ3) is 3.16. The fraction of sp³-hybridized carbons (Fsp3) is 0.375. The molecule has 2 aromatic heterocycles. The van der Waals surface area contributed by atoms with Crippen LogP contribution in [0.15, 0.2) is 36.9 Å². The number of aromatic nitrogens is 2. The zero-order valence-electron chi connectivity index (χ0n) is 16.8. The minimum atomic E-state index is 0.325. The molecule has 0 bridgehead atoms. The van der Waals surface area contributed by atoms with Gasteiger partial charge in [-0.2, -0.15) is 0 Å². The normalized spacial score (nSPS) is 17.1. The minimum absolute atomic E-state index is 0.325. The number of hydrogen-bond acceptors (Lipinski definition) is 2. The van der Waals surface area contributed by atoms with Gasteiger partial charge in [-0.05, 0) is 54.7 Å². The molecule has 0 radical (unpaired) electrons. The molecule has 3 nitrogen and oxygen atoms in total. The monoisotopic (exact) mass is 359 g/mol. The molecule has 3 heteroatoms. The Balaban J connectivity index is 1.90. The molecule has 3 N–H and O–H groups in total. The van der Waals surface area contributed by atoms with Gasteiger partial charge in [-0.1, -0.05) is 57.2 Å². The van der Waals surface area contributed by atoms with Gasteiger partial charge >= 0.3 is 0 Å². The minimum Gasteiger partial charge on any atom is -0.398 e. The number of nitrogens with two attached hydrogens (primary N) is 1. The summed E-state index contributed by atoms with van der Waals surface area (Å²) in [6.45, 7) is 13.1. The molecule has 0 saturated carbocycles. The van der Waals surface area contributed by atoms with Crippen LogP contribution >= 0.6 is 0 Å². The predicted octanol–water partition coefficient (Wildman–Crippen LogP) is 5.62. The highest BCUT2D eigenvalue weighted by molar-refractivity contribution is 5.99. The van der Waals surface area contributed by atoms with Gasteiger partial charge in [0, 0.05) is 17.0 Å². The molecule has 27 heavy (non-hydrogen) atoms. The Kier molecular flexibility index (Phi) is 4.14. The summed E-state index contributed by atoms with van der Waals surface area (Å²) in [6, 6.07) is 10.8. The number of hydrogen-bond donors (Lipinski definition) is 2. The summed E-state index contributed by atoms with van der Waals surface area (Å²) in [5, 5.41) is 0. The number of pyridine rings is 1. The van der Waals surface area contributed by atoms with E-state index in [0.29, 0.717) is 17.0 Å².